The van der Waals surface area contributed by atoms with Crippen molar-refractivity contribution >= 4 is 28.6 Å². The molecular weight excluding hydrogens is 242 g/mol. The van der Waals surface area contributed by atoms with Gasteiger partial charge < -0.3 is 10.1 Å². The van der Waals surface area contributed by atoms with Crippen LogP contribution in [0.3, 0.4) is 0 Å². The Kier molecular flexibility index (Phi) is 2.52. The molecule has 0 radical (unpaired) electrons. The van der Waals surface area contributed by atoms with Gasteiger partial charge in [-0.1, -0.05) is 12.1 Å². The number of aromatic nitrogens is 3. The fourth-order valence-electron chi connectivity index (χ4n) is 2.27. The quantitative estimate of drug-likeness (QED) is 0.691. The van der Waals surface area contributed by atoms with Gasteiger partial charge in [0.15, 0.2) is 0 Å². The second kappa shape index (κ2) is 4.20. The number of nitrogens with one attached hydrogen (secondary N) is 1. The molecule has 1 aromatic carbocycles. The van der Waals surface area contributed by atoms with Crippen LogP contribution in [-0.2, 0) is 11.8 Å². The highest BCUT2D eigenvalue weighted by molar-refractivity contribution is 5.99. The normalized spacial score (nSPS) is 12.2. The number of fused-ring (bicyclic) bond motifs is 2. The number of hydrogen-bond acceptors (Lipinski definition) is 1. The molecule has 0 bridgehead atoms. The zero-order valence-corrected chi connectivity index (χ0v) is 10.4. The van der Waals surface area contributed by atoms with E-state index in [1.165, 1.54) is 6.08 Å². The molecule has 0 fully saturated rings. The van der Waals surface area contributed by atoms with Crippen molar-refractivity contribution in [2.75, 3.05) is 0 Å². The largest absolute Gasteiger partial charge is 0.478 e. The number of aryl methyl sites for hydroxylation is 1. The minimum absolute atomic E-state index is 0.564. The fraction of sp³-hybridized carbons (Fsp3) is 0.0714. The lowest BCUT2D eigenvalue weighted by molar-refractivity contribution is -0.129. The standard InChI is InChI=1S/C14H13N3O2/c1-16-12-6-3-2-5-10(12)15-11(9-14(18)19)13-7-4-8-17(13)16/h2-9,15H,1H3,(H,18,19)/b11-9+. The van der Waals surface area contributed by atoms with Crippen LogP contribution in [0.2, 0.25) is 0 Å². The van der Waals surface area contributed by atoms with Gasteiger partial charge in [0.2, 0.25) is 0 Å². The van der Waals surface area contributed by atoms with Gasteiger partial charge in [0, 0.05) is 19.3 Å². The van der Waals surface area contributed by atoms with Crippen molar-refractivity contribution in [2.24, 2.45) is 7.05 Å². The third-order valence-electron chi connectivity index (χ3n) is 3.12. The maximum atomic E-state index is 11.0. The summed E-state index contributed by atoms with van der Waals surface area (Å²) in [5.41, 5.74) is 2.66. The highest BCUT2D eigenvalue weighted by Gasteiger charge is 2.01. The minimum atomic E-state index is -0.975. The van der Waals surface area contributed by atoms with Crippen molar-refractivity contribution in [1.82, 2.24) is 14.2 Å². The van der Waals surface area contributed by atoms with Crippen molar-refractivity contribution < 1.29 is 9.90 Å². The number of hydrogen-bond donors (Lipinski definition) is 2. The van der Waals surface area contributed by atoms with Gasteiger partial charge in [-0.25, -0.2) is 4.79 Å². The molecule has 0 saturated carbocycles. The summed E-state index contributed by atoms with van der Waals surface area (Å²) in [5.74, 6) is -0.975. The highest BCUT2D eigenvalue weighted by Crippen LogP contribution is 2.09. The van der Waals surface area contributed by atoms with Gasteiger partial charge in [-0.05, 0) is 24.3 Å². The number of carboxylic acids is 1. The average molecular weight is 255 g/mol. The first-order chi connectivity index (χ1) is 9.16. The molecule has 5 heteroatoms. The number of aromatic amines is 1. The predicted octanol–water partition coefficient (Wildman–Crippen LogP) is 1.47. The molecule has 5 nitrogen and oxygen atoms in total. The summed E-state index contributed by atoms with van der Waals surface area (Å²) in [6, 6.07) is 11.5. The van der Waals surface area contributed by atoms with Crippen LogP contribution in [0.15, 0.2) is 42.6 Å². The molecule has 0 amide bonds. The molecule has 0 spiro atoms. The fourth-order valence-corrected chi connectivity index (χ4v) is 2.27. The molecule has 0 atom stereocenters. The third-order valence-corrected chi connectivity index (χ3v) is 3.12. The zero-order valence-electron chi connectivity index (χ0n) is 10.4. The van der Waals surface area contributed by atoms with E-state index in [1.54, 1.807) is 0 Å². The van der Waals surface area contributed by atoms with Crippen molar-refractivity contribution in [3.05, 3.63) is 47.9 Å². The molecule has 2 aromatic heterocycles. The summed E-state index contributed by atoms with van der Waals surface area (Å²) in [7, 11) is 1.94. The number of rotatable bonds is 1. The molecular formula is C14H13N3O2. The summed E-state index contributed by atoms with van der Waals surface area (Å²) in [5, 5.41) is 9.56. The topological polar surface area (TPSA) is 62.4 Å². The van der Waals surface area contributed by atoms with Gasteiger partial charge in [0.1, 0.15) is 0 Å². The van der Waals surface area contributed by atoms with Crippen molar-refractivity contribution in [3.8, 4) is 0 Å². The maximum Gasteiger partial charge on any atom is 0.330 e. The molecule has 3 aromatic rings. The molecule has 0 aliphatic heterocycles. The van der Waals surface area contributed by atoms with E-state index >= 15 is 0 Å². The summed E-state index contributed by atoms with van der Waals surface area (Å²) < 4.78 is 3.88. The van der Waals surface area contributed by atoms with Crippen LogP contribution < -0.4 is 5.35 Å². The Morgan fingerprint density at radius 3 is 2.74 bits per heavy atom. The lowest BCUT2D eigenvalue weighted by Gasteiger charge is -2.02. The molecule has 2 heterocycles. The third kappa shape index (κ3) is 1.85. The molecule has 19 heavy (non-hydrogen) atoms. The van der Waals surface area contributed by atoms with Crippen LogP contribution in [0.1, 0.15) is 0 Å². The van der Waals surface area contributed by atoms with Crippen LogP contribution in [0.25, 0.3) is 22.6 Å². The van der Waals surface area contributed by atoms with Crippen molar-refractivity contribution in [2.45, 2.75) is 0 Å². The van der Waals surface area contributed by atoms with E-state index < -0.39 is 5.97 Å². The Labute approximate surface area is 108 Å². The second-order valence-electron chi connectivity index (χ2n) is 4.30. The Bertz CT molecular complexity index is 865. The Hall–Kier alpha value is -2.69. The monoisotopic (exact) mass is 255 g/mol. The van der Waals surface area contributed by atoms with E-state index in [4.69, 9.17) is 5.11 Å². The molecule has 96 valence electrons. The second-order valence-corrected chi connectivity index (χ2v) is 4.30. The zero-order chi connectivity index (χ0) is 13.4. The molecule has 0 aliphatic rings. The van der Waals surface area contributed by atoms with Gasteiger partial charge in [0.05, 0.1) is 21.9 Å². The Morgan fingerprint density at radius 2 is 1.95 bits per heavy atom. The molecule has 0 aliphatic carbocycles. The van der Waals surface area contributed by atoms with Crippen LogP contribution in [0.5, 0.6) is 0 Å². The minimum Gasteiger partial charge on any atom is -0.478 e. The predicted molar refractivity (Wildman–Crippen MR) is 73.2 cm³/mol. The van der Waals surface area contributed by atoms with E-state index in [9.17, 15) is 4.79 Å². The van der Waals surface area contributed by atoms with Crippen LogP contribution in [0, 0.1) is 0 Å². The summed E-state index contributed by atoms with van der Waals surface area (Å²) in [4.78, 5) is 14.1. The molecule has 0 saturated heterocycles. The molecule has 2 N–H and O–H groups in total. The number of nitrogens with zero attached hydrogens (tertiary/aromatic N) is 2. The number of aliphatic carboxylic acids is 1. The summed E-state index contributed by atoms with van der Waals surface area (Å²) in [6.07, 6.45) is 3.08. The van der Waals surface area contributed by atoms with Gasteiger partial charge >= 0.3 is 5.97 Å². The number of para-hydroxylation sites is 2. The number of H-pyrrole nitrogens is 1. The molecule has 0 unspecified atom stereocenters. The van der Waals surface area contributed by atoms with E-state index in [1.807, 2.05) is 58.8 Å². The first-order valence-electron chi connectivity index (χ1n) is 5.89. The van der Waals surface area contributed by atoms with Gasteiger partial charge in [0.25, 0.3) is 0 Å². The lowest BCUT2D eigenvalue weighted by atomic mass is 10.3. The van der Waals surface area contributed by atoms with Crippen LogP contribution in [-0.4, -0.2) is 25.3 Å². The summed E-state index contributed by atoms with van der Waals surface area (Å²) >= 11 is 0. The maximum absolute atomic E-state index is 11.0. The number of carboxylic acid groups (broad SMARTS) is 1. The lowest BCUT2D eigenvalue weighted by Crippen LogP contribution is -2.11. The molecule has 3 rings (SSSR count). The number of benzene rings is 1. The average Bonchev–Trinajstić information content (AvgIpc) is 2.83. The Morgan fingerprint density at radius 1 is 1.21 bits per heavy atom. The Balaban J connectivity index is 2.65. The number of carbonyl (C=O) groups is 1. The van der Waals surface area contributed by atoms with Crippen LogP contribution >= 0.6 is 0 Å². The van der Waals surface area contributed by atoms with Crippen LogP contribution in [0.4, 0.5) is 0 Å². The first kappa shape index (κ1) is 11.4. The van der Waals surface area contributed by atoms with E-state index in [0.29, 0.717) is 5.35 Å². The van der Waals surface area contributed by atoms with E-state index in [0.717, 1.165) is 16.6 Å². The SMILES string of the molecule is Cn1c2ccccc2[nH]/c(=C/C(=O)O)c2cccn21. The van der Waals surface area contributed by atoms with Gasteiger partial charge in [-0.3, -0.25) is 9.20 Å². The highest BCUT2D eigenvalue weighted by atomic mass is 16.4. The van der Waals surface area contributed by atoms with E-state index in [2.05, 4.69) is 4.98 Å². The summed E-state index contributed by atoms with van der Waals surface area (Å²) in [6.45, 7) is 0. The van der Waals surface area contributed by atoms with Gasteiger partial charge in [-0.2, -0.15) is 0 Å². The van der Waals surface area contributed by atoms with E-state index in [-0.39, 0.29) is 0 Å². The van der Waals surface area contributed by atoms with Gasteiger partial charge in [-0.15, -0.1) is 0 Å². The van der Waals surface area contributed by atoms with Crippen molar-refractivity contribution in [1.29, 1.82) is 0 Å². The first-order valence-corrected chi connectivity index (χ1v) is 5.89. The smallest absolute Gasteiger partial charge is 0.330 e. The van der Waals surface area contributed by atoms with Crippen molar-refractivity contribution in [3.63, 3.8) is 0 Å².